The smallest absolute Gasteiger partial charge is 0.336 e. The van der Waals surface area contributed by atoms with Crippen LogP contribution in [0.5, 0.6) is 23.0 Å². The fourth-order valence-corrected chi connectivity index (χ4v) is 4.25. The number of fused-ring (bicyclic) bond motifs is 1. The highest BCUT2D eigenvalue weighted by Gasteiger charge is 2.04. The molecule has 4 aromatic rings. The standard InChI is InChI=1S/C32H34O6/c1-23-18-32(35)38-31-22-28(14-15-30(23)31)36-16-6-4-2-3-5-7-17-37-29-20-25(19-27(34)21-29)9-8-24-10-12-26(33)13-11-24/h8-15,18-22,33-34H,2-7,16-17H2,1H3/b9-8+. The monoisotopic (exact) mass is 514 g/mol. The van der Waals surface area contributed by atoms with Gasteiger partial charge in [-0.3, -0.25) is 0 Å². The number of hydrogen-bond donors (Lipinski definition) is 2. The van der Waals surface area contributed by atoms with Crippen molar-refractivity contribution in [2.75, 3.05) is 13.2 Å². The fraction of sp³-hybridized carbons (Fsp3) is 0.281. The van der Waals surface area contributed by atoms with E-state index in [0.29, 0.717) is 30.3 Å². The molecule has 4 rings (SSSR count). The van der Waals surface area contributed by atoms with Crippen LogP contribution in [-0.4, -0.2) is 23.4 Å². The van der Waals surface area contributed by atoms with Crippen molar-refractivity contribution in [3.05, 3.63) is 93.8 Å². The van der Waals surface area contributed by atoms with Crippen LogP contribution in [0, 0.1) is 6.92 Å². The summed E-state index contributed by atoms with van der Waals surface area (Å²) in [5.74, 6) is 1.76. The molecule has 0 aliphatic heterocycles. The molecule has 0 fully saturated rings. The van der Waals surface area contributed by atoms with Gasteiger partial charge in [-0.2, -0.15) is 0 Å². The number of aryl methyl sites for hydroxylation is 1. The molecular formula is C32H34O6. The lowest BCUT2D eigenvalue weighted by Gasteiger charge is -2.09. The maximum atomic E-state index is 11.6. The molecule has 0 amide bonds. The number of phenols is 2. The van der Waals surface area contributed by atoms with E-state index in [-0.39, 0.29) is 17.1 Å². The number of aromatic hydroxyl groups is 2. The van der Waals surface area contributed by atoms with E-state index in [1.165, 1.54) is 6.07 Å². The van der Waals surface area contributed by atoms with Crippen molar-refractivity contribution in [2.45, 2.75) is 45.4 Å². The highest BCUT2D eigenvalue weighted by atomic mass is 16.5. The van der Waals surface area contributed by atoms with Gasteiger partial charge < -0.3 is 24.1 Å². The number of benzene rings is 3. The largest absolute Gasteiger partial charge is 0.508 e. The number of phenolic OH excluding ortho intramolecular Hbond substituents is 2. The van der Waals surface area contributed by atoms with Crippen LogP contribution < -0.4 is 15.1 Å². The van der Waals surface area contributed by atoms with Crippen molar-refractivity contribution in [2.24, 2.45) is 0 Å². The lowest BCUT2D eigenvalue weighted by atomic mass is 10.1. The molecule has 38 heavy (non-hydrogen) atoms. The minimum absolute atomic E-state index is 0.165. The van der Waals surface area contributed by atoms with Crippen LogP contribution in [0.4, 0.5) is 0 Å². The van der Waals surface area contributed by atoms with Gasteiger partial charge in [0.05, 0.1) is 13.2 Å². The summed E-state index contributed by atoms with van der Waals surface area (Å²) in [6, 6.07) is 19.3. The van der Waals surface area contributed by atoms with Crippen molar-refractivity contribution in [3.8, 4) is 23.0 Å². The first-order valence-electron chi connectivity index (χ1n) is 13.1. The van der Waals surface area contributed by atoms with E-state index in [0.717, 1.165) is 60.6 Å². The zero-order valence-corrected chi connectivity index (χ0v) is 21.7. The highest BCUT2D eigenvalue weighted by Crippen LogP contribution is 2.25. The van der Waals surface area contributed by atoms with Crippen molar-refractivity contribution in [1.29, 1.82) is 0 Å². The van der Waals surface area contributed by atoms with E-state index in [9.17, 15) is 15.0 Å². The summed E-state index contributed by atoms with van der Waals surface area (Å²) in [7, 11) is 0. The van der Waals surface area contributed by atoms with Crippen molar-refractivity contribution in [1.82, 2.24) is 0 Å². The van der Waals surface area contributed by atoms with Crippen LogP contribution in [0.1, 0.15) is 55.2 Å². The van der Waals surface area contributed by atoms with Crippen LogP contribution in [0.2, 0.25) is 0 Å². The van der Waals surface area contributed by atoms with E-state index >= 15 is 0 Å². The van der Waals surface area contributed by atoms with Crippen LogP contribution in [-0.2, 0) is 0 Å². The maximum absolute atomic E-state index is 11.6. The maximum Gasteiger partial charge on any atom is 0.336 e. The van der Waals surface area contributed by atoms with Gasteiger partial charge in [0.1, 0.15) is 28.6 Å². The molecule has 0 saturated carbocycles. The van der Waals surface area contributed by atoms with Crippen LogP contribution in [0.25, 0.3) is 23.1 Å². The average Bonchev–Trinajstić information content (AvgIpc) is 2.89. The van der Waals surface area contributed by atoms with E-state index in [1.807, 2.05) is 49.4 Å². The predicted octanol–water partition coefficient (Wildman–Crippen LogP) is 7.48. The molecule has 0 aliphatic rings. The van der Waals surface area contributed by atoms with E-state index in [4.69, 9.17) is 13.9 Å². The Hall–Kier alpha value is -4.19. The lowest BCUT2D eigenvalue weighted by molar-refractivity contribution is 0.296. The van der Waals surface area contributed by atoms with E-state index < -0.39 is 0 Å². The summed E-state index contributed by atoms with van der Waals surface area (Å²) >= 11 is 0. The minimum atomic E-state index is -0.344. The normalized spacial score (nSPS) is 11.3. The third kappa shape index (κ3) is 8.17. The Morgan fingerprint density at radius 2 is 1.34 bits per heavy atom. The third-order valence-electron chi connectivity index (χ3n) is 6.27. The zero-order valence-electron chi connectivity index (χ0n) is 21.7. The second-order valence-electron chi connectivity index (χ2n) is 9.41. The molecule has 6 heteroatoms. The van der Waals surface area contributed by atoms with E-state index in [2.05, 4.69) is 0 Å². The number of rotatable bonds is 13. The molecule has 0 radical (unpaired) electrons. The molecule has 1 heterocycles. The zero-order chi connectivity index (χ0) is 26.7. The molecule has 0 aliphatic carbocycles. The number of ether oxygens (including phenoxy) is 2. The van der Waals surface area contributed by atoms with Gasteiger partial charge in [0.2, 0.25) is 0 Å². The van der Waals surface area contributed by atoms with Gasteiger partial charge in [0, 0.05) is 23.6 Å². The van der Waals surface area contributed by atoms with Gasteiger partial charge in [-0.1, -0.05) is 50.0 Å². The van der Waals surface area contributed by atoms with Gasteiger partial charge in [0.25, 0.3) is 0 Å². The predicted molar refractivity (Wildman–Crippen MR) is 151 cm³/mol. The molecule has 198 valence electrons. The summed E-state index contributed by atoms with van der Waals surface area (Å²) in [5.41, 5.74) is 2.92. The Balaban J connectivity index is 1.09. The third-order valence-corrected chi connectivity index (χ3v) is 6.27. The molecular weight excluding hydrogens is 480 g/mol. The highest BCUT2D eigenvalue weighted by molar-refractivity contribution is 5.81. The summed E-state index contributed by atoms with van der Waals surface area (Å²) in [4.78, 5) is 11.6. The molecule has 2 N–H and O–H groups in total. The van der Waals surface area contributed by atoms with Gasteiger partial charge in [0.15, 0.2) is 0 Å². The second-order valence-corrected chi connectivity index (χ2v) is 9.41. The topological polar surface area (TPSA) is 89.1 Å². The molecule has 6 nitrogen and oxygen atoms in total. The Bertz CT molecular complexity index is 1420. The lowest BCUT2D eigenvalue weighted by Crippen LogP contribution is -2.00. The summed E-state index contributed by atoms with van der Waals surface area (Å²) in [6.45, 7) is 3.13. The number of unbranched alkanes of at least 4 members (excludes halogenated alkanes) is 5. The first-order valence-corrected chi connectivity index (χ1v) is 13.1. The Morgan fingerprint density at radius 3 is 2.08 bits per heavy atom. The Morgan fingerprint density at radius 1 is 0.684 bits per heavy atom. The van der Waals surface area contributed by atoms with Crippen molar-refractivity contribution >= 4 is 23.1 Å². The summed E-state index contributed by atoms with van der Waals surface area (Å²) < 4.78 is 17.0. The van der Waals surface area contributed by atoms with Crippen LogP contribution in [0.3, 0.4) is 0 Å². The molecule has 0 unspecified atom stereocenters. The van der Waals surface area contributed by atoms with Gasteiger partial charge in [-0.15, -0.1) is 0 Å². The van der Waals surface area contributed by atoms with Gasteiger partial charge in [-0.25, -0.2) is 4.79 Å². The minimum Gasteiger partial charge on any atom is -0.508 e. The molecule has 0 saturated heterocycles. The van der Waals surface area contributed by atoms with Crippen LogP contribution in [0.15, 0.2) is 75.9 Å². The molecule has 0 atom stereocenters. The number of hydrogen-bond acceptors (Lipinski definition) is 6. The summed E-state index contributed by atoms with van der Waals surface area (Å²) in [5, 5.41) is 20.4. The Labute approximate surface area is 222 Å². The van der Waals surface area contributed by atoms with Gasteiger partial charge >= 0.3 is 5.63 Å². The van der Waals surface area contributed by atoms with Gasteiger partial charge in [-0.05, 0) is 72.9 Å². The fourth-order valence-electron chi connectivity index (χ4n) is 4.25. The van der Waals surface area contributed by atoms with Crippen molar-refractivity contribution in [3.63, 3.8) is 0 Å². The van der Waals surface area contributed by atoms with E-state index in [1.54, 1.807) is 30.3 Å². The SMILES string of the molecule is Cc1cc(=O)oc2cc(OCCCCCCCCOc3cc(O)cc(/C=C/c4ccc(O)cc4)c3)ccc12. The molecule has 0 bridgehead atoms. The first kappa shape index (κ1) is 26.9. The van der Waals surface area contributed by atoms with Crippen LogP contribution >= 0.6 is 0 Å². The first-order chi connectivity index (χ1) is 18.5. The van der Waals surface area contributed by atoms with Crippen molar-refractivity contribution < 1.29 is 24.1 Å². The molecule has 1 aromatic heterocycles. The molecule has 0 spiro atoms. The quantitative estimate of drug-likeness (QED) is 0.109. The molecule has 3 aromatic carbocycles. The average molecular weight is 515 g/mol. The second kappa shape index (κ2) is 13.4. The Kier molecular flexibility index (Phi) is 9.46. The summed E-state index contributed by atoms with van der Waals surface area (Å²) in [6.07, 6.45) is 10.2.